The quantitative estimate of drug-likeness (QED) is 0.622. The highest BCUT2D eigenvalue weighted by atomic mass is 16.2. The lowest BCUT2D eigenvalue weighted by Crippen LogP contribution is -2.40. The average Bonchev–Trinajstić information content (AvgIpc) is 2.96. The summed E-state index contributed by atoms with van der Waals surface area (Å²) in [5.41, 5.74) is -0.230. The van der Waals surface area contributed by atoms with E-state index in [1.165, 1.54) is 6.33 Å². The zero-order chi connectivity index (χ0) is 12.1. The number of aryl methyl sites for hydroxylation is 1. The van der Waals surface area contributed by atoms with Crippen LogP contribution in [0.4, 0.5) is 0 Å². The molecule has 3 N–H and O–H groups in total. The van der Waals surface area contributed by atoms with Crippen molar-refractivity contribution in [2.45, 2.75) is 26.2 Å². The molecule has 0 radical (unpaired) electrons. The van der Waals surface area contributed by atoms with Crippen molar-refractivity contribution in [3.05, 3.63) is 12.2 Å². The minimum atomic E-state index is -0.230. The number of aromatic amines is 1. The van der Waals surface area contributed by atoms with Crippen molar-refractivity contribution in [3.63, 3.8) is 0 Å². The molecule has 1 saturated heterocycles. The summed E-state index contributed by atoms with van der Waals surface area (Å²) < 4.78 is 0. The number of carbonyl (C=O) groups is 1. The van der Waals surface area contributed by atoms with E-state index in [0.29, 0.717) is 6.54 Å². The van der Waals surface area contributed by atoms with Crippen LogP contribution in [0.2, 0.25) is 0 Å². The Morgan fingerprint density at radius 2 is 2.53 bits per heavy atom. The molecule has 0 aliphatic carbocycles. The molecule has 1 aliphatic heterocycles. The van der Waals surface area contributed by atoms with Crippen LogP contribution in [-0.4, -0.2) is 40.7 Å². The van der Waals surface area contributed by atoms with Crippen LogP contribution >= 0.6 is 0 Å². The van der Waals surface area contributed by atoms with Gasteiger partial charge in [-0.05, 0) is 26.3 Å². The van der Waals surface area contributed by atoms with Gasteiger partial charge in [0.2, 0.25) is 5.91 Å². The fraction of sp³-hybridized carbons (Fsp3) is 0.727. The SMILES string of the molecule is CC1(C(=O)NCCCc2ncn[nH]2)CCNC1. The van der Waals surface area contributed by atoms with Crippen molar-refractivity contribution in [3.8, 4) is 0 Å². The molecule has 17 heavy (non-hydrogen) atoms. The van der Waals surface area contributed by atoms with Gasteiger partial charge in [-0.25, -0.2) is 4.98 Å². The van der Waals surface area contributed by atoms with Crippen molar-refractivity contribution < 1.29 is 4.79 Å². The van der Waals surface area contributed by atoms with Crippen LogP contribution in [0.5, 0.6) is 0 Å². The number of amides is 1. The van der Waals surface area contributed by atoms with Gasteiger partial charge in [-0.2, -0.15) is 5.10 Å². The van der Waals surface area contributed by atoms with Gasteiger partial charge in [0.15, 0.2) is 0 Å². The fourth-order valence-electron chi connectivity index (χ4n) is 2.03. The highest BCUT2D eigenvalue weighted by Crippen LogP contribution is 2.24. The van der Waals surface area contributed by atoms with E-state index in [4.69, 9.17) is 0 Å². The second-order valence-corrected chi connectivity index (χ2v) is 4.78. The molecular weight excluding hydrogens is 218 g/mol. The zero-order valence-electron chi connectivity index (χ0n) is 10.1. The summed E-state index contributed by atoms with van der Waals surface area (Å²) in [7, 11) is 0. The molecule has 1 aliphatic rings. The molecule has 94 valence electrons. The molecule has 1 amide bonds. The van der Waals surface area contributed by atoms with E-state index in [0.717, 1.165) is 38.2 Å². The number of carbonyl (C=O) groups excluding carboxylic acids is 1. The van der Waals surface area contributed by atoms with Gasteiger partial charge in [0.1, 0.15) is 12.2 Å². The van der Waals surface area contributed by atoms with E-state index in [-0.39, 0.29) is 11.3 Å². The summed E-state index contributed by atoms with van der Waals surface area (Å²) in [6, 6.07) is 0. The first kappa shape index (κ1) is 12.0. The number of hydrogen-bond acceptors (Lipinski definition) is 4. The Morgan fingerprint density at radius 1 is 1.65 bits per heavy atom. The van der Waals surface area contributed by atoms with Gasteiger partial charge in [-0.1, -0.05) is 0 Å². The minimum Gasteiger partial charge on any atom is -0.356 e. The van der Waals surface area contributed by atoms with Crippen LogP contribution in [0.25, 0.3) is 0 Å². The van der Waals surface area contributed by atoms with Crippen molar-refractivity contribution in [1.82, 2.24) is 25.8 Å². The first-order valence-electron chi connectivity index (χ1n) is 6.04. The largest absolute Gasteiger partial charge is 0.356 e. The lowest BCUT2D eigenvalue weighted by molar-refractivity contribution is -0.129. The molecule has 6 heteroatoms. The molecule has 0 saturated carbocycles. The Labute approximate surface area is 101 Å². The number of rotatable bonds is 5. The average molecular weight is 237 g/mol. The zero-order valence-corrected chi connectivity index (χ0v) is 10.1. The normalized spacial score (nSPS) is 23.8. The van der Waals surface area contributed by atoms with E-state index < -0.39 is 0 Å². The fourth-order valence-corrected chi connectivity index (χ4v) is 2.03. The standard InChI is InChI=1S/C11H19N5O/c1-11(4-6-12-7-11)10(17)13-5-2-3-9-14-8-15-16-9/h8,12H,2-7H2,1H3,(H,13,17)(H,14,15,16). The topological polar surface area (TPSA) is 82.7 Å². The van der Waals surface area contributed by atoms with Crippen LogP contribution in [0.3, 0.4) is 0 Å². The van der Waals surface area contributed by atoms with E-state index in [1.54, 1.807) is 0 Å². The van der Waals surface area contributed by atoms with E-state index >= 15 is 0 Å². The summed E-state index contributed by atoms with van der Waals surface area (Å²) in [4.78, 5) is 16.0. The molecule has 1 fully saturated rings. The Hall–Kier alpha value is -1.43. The maximum Gasteiger partial charge on any atom is 0.227 e. The van der Waals surface area contributed by atoms with Crippen LogP contribution in [0.15, 0.2) is 6.33 Å². The molecule has 0 bridgehead atoms. The monoisotopic (exact) mass is 237 g/mol. The van der Waals surface area contributed by atoms with Gasteiger partial charge in [0.05, 0.1) is 5.41 Å². The predicted octanol–water partition coefficient (Wildman–Crippen LogP) is -0.147. The Morgan fingerprint density at radius 3 is 3.18 bits per heavy atom. The maximum absolute atomic E-state index is 11.9. The number of nitrogens with one attached hydrogen (secondary N) is 3. The Bertz CT molecular complexity index is 356. The third-order valence-corrected chi connectivity index (χ3v) is 3.26. The summed E-state index contributed by atoms with van der Waals surface area (Å²) in [6.45, 7) is 4.41. The predicted molar refractivity (Wildman–Crippen MR) is 63.3 cm³/mol. The first-order chi connectivity index (χ1) is 8.21. The highest BCUT2D eigenvalue weighted by molar-refractivity contribution is 5.82. The second kappa shape index (κ2) is 5.27. The van der Waals surface area contributed by atoms with E-state index in [2.05, 4.69) is 25.8 Å². The molecule has 6 nitrogen and oxygen atoms in total. The van der Waals surface area contributed by atoms with Crippen molar-refractivity contribution in [2.24, 2.45) is 5.41 Å². The molecule has 0 aromatic carbocycles. The summed E-state index contributed by atoms with van der Waals surface area (Å²) in [5.74, 6) is 1.02. The van der Waals surface area contributed by atoms with Crippen LogP contribution < -0.4 is 10.6 Å². The number of hydrogen-bond donors (Lipinski definition) is 3. The van der Waals surface area contributed by atoms with Crippen LogP contribution in [0.1, 0.15) is 25.6 Å². The number of aromatic nitrogens is 3. The van der Waals surface area contributed by atoms with Gasteiger partial charge >= 0.3 is 0 Å². The first-order valence-corrected chi connectivity index (χ1v) is 6.04. The highest BCUT2D eigenvalue weighted by Gasteiger charge is 2.35. The van der Waals surface area contributed by atoms with Crippen molar-refractivity contribution >= 4 is 5.91 Å². The van der Waals surface area contributed by atoms with Gasteiger partial charge < -0.3 is 10.6 Å². The maximum atomic E-state index is 11.9. The van der Waals surface area contributed by atoms with Crippen LogP contribution in [0, 0.1) is 5.41 Å². The molecule has 1 aromatic rings. The third-order valence-electron chi connectivity index (χ3n) is 3.26. The smallest absolute Gasteiger partial charge is 0.227 e. The molecular formula is C11H19N5O. The van der Waals surface area contributed by atoms with Gasteiger partial charge in [-0.3, -0.25) is 9.89 Å². The number of H-pyrrole nitrogens is 1. The summed E-state index contributed by atoms with van der Waals surface area (Å²) >= 11 is 0. The molecule has 2 rings (SSSR count). The van der Waals surface area contributed by atoms with Gasteiger partial charge in [0, 0.05) is 19.5 Å². The molecule has 1 aromatic heterocycles. The van der Waals surface area contributed by atoms with E-state index in [9.17, 15) is 4.79 Å². The lowest BCUT2D eigenvalue weighted by atomic mass is 9.89. The van der Waals surface area contributed by atoms with Crippen molar-refractivity contribution in [1.29, 1.82) is 0 Å². The molecule has 2 heterocycles. The summed E-state index contributed by atoms with van der Waals surface area (Å²) in [5, 5.41) is 12.8. The summed E-state index contributed by atoms with van der Waals surface area (Å²) in [6.07, 6.45) is 4.11. The lowest BCUT2D eigenvalue weighted by Gasteiger charge is -2.21. The second-order valence-electron chi connectivity index (χ2n) is 4.78. The Balaban J connectivity index is 1.66. The molecule has 0 spiro atoms. The van der Waals surface area contributed by atoms with Gasteiger partial charge in [-0.15, -0.1) is 0 Å². The minimum absolute atomic E-state index is 0.153. The Kier molecular flexibility index (Phi) is 3.73. The van der Waals surface area contributed by atoms with Crippen LogP contribution in [-0.2, 0) is 11.2 Å². The molecule has 1 atom stereocenters. The van der Waals surface area contributed by atoms with E-state index in [1.807, 2.05) is 6.92 Å². The van der Waals surface area contributed by atoms with Crippen molar-refractivity contribution in [2.75, 3.05) is 19.6 Å². The third kappa shape index (κ3) is 3.03. The molecule has 1 unspecified atom stereocenters. The number of nitrogens with zero attached hydrogens (tertiary/aromatic N) is 2. The van der Waals surface area contributed by atoms with Gasteiger partial charge in [0.25, 0.3) is 0 Å².